The van der Waals surface area contributed by atoms with Crippen LogP contribution < -0.4 is 0 Å². The van der Waals surface area contributed by atoms with Crippen molar-refractivity contribution in [2.24, 2.45) is 0 Å². The van der Waals surface area contributed by atoms with Crippen LogP contribution in [0.2, 0.25) is 0 Å². The zero-order valence-corrected chi connectivity index (χ0v) is 8.15. The summed E-state index contributed by atoms with van der Waals surface area (Å²) in [5.41, 5.74) is 0. The molecule has 0 N–H and O–H groups in total. The Morgan fingerprint density at radius 2 is 1.92 bits per heavy atom. The molecule has 0 saturated carbocycles. The largest absolute Gasteiger partial charge is 0.450 e. The van der Waals surface area contributed by atoms with Gasteiger partial charge in [-0.05, 0) is 6.92 Å². The molecule has 0 radical (unpaired) electrons. The third-order valence-corrected chi connectivity index (χ3v) is 2.02. The van der Waals surface area contributed by atoms with Crippen molar-refractivity contribution in [1.82, 2.24) is 9.96 Å². The third kappa shape index (κ3) is 2.86. The Labute approximate surface area is 78.2 Å². The van der Waals surface area contributed by atoms with Gasteiger partial charge >= 0.3 is 6.09 Å². The molecule has 0 aromatic rings. The first-order chi connectivity index (χ1) is 6.27. The van der Waals surface area contributed by atoms with Gasteiger partial charge in [0.25, 0.3) is 0 Å². The van der Waals surface area contributed by atoms with Crippen LogP contribution in [0, 0.1) is 0 Å². The first-order valence-corrected chi connectivity index (χ1v) is 4.48. The van der Waals surface area contributed by atoms with Gasteiger partial charge in [-0.3, -0.25) is 0 Å². The second kappa shape index (κ2) is 5.04. The number of hydroxylamine groups is 2. The van der Waals surface area contributed by atoms with Crippen LogP contribution in [0.4, 0.5) is 4.79 Å². The molecule has 5 heteroatoms. The van der Waals surface area contributed by atoms with Crippen LogP contribution in [0.15, 0.2) is 0 Å². The predicted octanol–water partition coefficient (Wildman–Crippen LogP) is 0.322. The Balaban J connectivity index is 2.28. The summed E-state index contributed by atoms with van der Waals surface area (Å²) in [6, 6.07) is 0. The quantitative estimate of drug-likeness (QED) is 0.626. The maximum absolute atomic E-state index is 11.2. The minimum Gasteiger partial charge on any atom is -0.450 e. The highest BCUT2D eigenvalue weighted by Gasteiger charge is 2.21. The van der Waals surface area contributed by atoms with E-state index in [1.165, 1.54) is 0 Å². The van der Waals surface area contributed by atoms with E-state index < -0.39 is 0 Å². The smallest absolute Gasteiger partial charge is 0.409 e. The second-order valence-corrected chi connectivity index (χ2v) is 2.80. The maximum atomic E-state index is 11.2. The molecule has 13 heavy (non-hydrogen) atoms. The highest BCUT2D eigenvalue weighted by molar-refractivity contribution is 5.67. The number of rotatable bonds is 2. The van der Waals surface area contributed by atoms with Crippen LogP contribution in [0.1, 0.15) is 6.92 Å². The van der Waals surface area contributed by atoms with Crippen molar-refractivity contribution >= 4 is 6.09 Å². The van der Waals surface area contributed by atoms with Gasteiger partial charge in [-0.15, -0.1) is 0 Å². The predicted molar refractivity (Wildman–Crippen MR) is 47.2 cm³/mol. The van der Waals surface area contributed by atoms with Crippen LogP contribution in [0.5, 0.6) is 0 Å². The van der Waals surface area contributed by atoms with Crippen molar-refractivity contribution in [2.45, 2.75) is 6.92 Å². The van der Waals surface area contributed by atoms with E-state index in [-0.39, 0.29) is 6.09 Å². The number of carbonyl (C=O) groups is 1. The van der Waals surface area contributed by atoms with Crippen LogP contribution in [0.25, 0.3) is 0 Å². The van der Waals surface area contributed by atoms with E-state index in [4.69, 9.17) is 9.57 Å². The lowest BCUT2D eigenvalue weighted by Gasteiger charge is -2.32. The molecule has 1 aliphatic rings. The van der Waals surface area contributed by atoms with E-state index in [0.717, 1.165) is 13.1 Å². The molecule has 0 aromatic heterocycles. The van der Waals surface area contributed by atoms with Crippen molar-refractivity contribution in [3.63, 3.8) is 0 Å². The van der Waals surface area contributed by atoms with E-state index in [1.807, 2.05) is 12.0 Å². The van der Waals surface area contributed by atoms with Gasteiger partial charge in [-0.2, -0.15) is 5.06 Å². The van der Waals surface area contributed by atoms with Crippen molar-refractivity contribution < 1.29 is 14.4 Å². The van der Waals surface area contributed by atoms with Gasteiger partial charge in [0, 0.05) is 26.2 Å². The molecule has 1 amide bonds. The molecule has 1 saturated heterocycles. The fraction of sp³-hybridized carbons (Fsp3) is 0.875. The molecule has 1 heterocycles. The van der Waals surface area contributed by atoms with Gasteiger partial charge in [0.05, 0.1) is 13.7 Å². The van der Waals surface area contributed by atoms with Gasteiger partial charge in [-0.1, -0.05) is 0 Å². The highest BCUT2D eigenvalue weighted by Crippen LogP contribution is 2.02. The maximum Gasteiger partial charge on any atom is 0.409 e. The molecule has 1 aliphatic heterocycles. The second-order valence-electron chi connectivity index (χ2n) is 2.80. The molecule has 1 fully saturated rings. The molecule has 1 rings (SSSR count). The summed E-state index contributed by atoms with van der Waals surface area (Å²) in [6.45, 7) is 5.08. The Kier molecular flexibility index (Phi) is 3.98. The number of amides is 1. The van der Waals surface area contributed by atoms with Gasteiger partial charge in [0.1, 0.15) is 0 Å². The molecular formula is C8H16N2O3. The zero-order chi connectivity index (χ0) is 9.68. The van der Waals surface area contributed by atoms with Gasteiger partial charge in [0.2, 0.25) is 0 Å². The zero-order valence-electron chi connectivity index (χ0n) is 8.15. The average molecular weight is 188 g/mol. The molecule has 0 aliphatic carbocycles. The first-order valence-electron chi connectivity index (χ1n) is 4.48. The molecule has 0 unspecified atom stereocenters. The van der Waals surface area contributed by atoms with E-state index in [1.54, 1.807) is 12.0 Å². The molecule has 0 spiro atoms. The molecular weight excluding hydrogens is 172 g/mol. The first kappa shape index (κ1) is 10.3. The molecule has 5 nitrogen and oxygen atoms in total. The summed E-state index contributed by atoms with van der Waals surface area (Å²) in [5.74, 6) is 0. The SMILES string of the molecule is CCOC(=O)N1CCN(OC)CC1. The number of piperazine rings is 1. The van der Waals surface area contributed by atoms with Crippen molar-refractivity contribution in [3.8, 4) is 0 Å². The Morgan fingerprint density at radius 3 is 2.38 bits per heavy atom. The van der Waals surface area contributed by atoms with E-state index >= 15 is 0 Å². The number of hydrogen-bond donors (Lipinski definition) is 0. The van der Waals surface area contributed by atoms with Crippen LogP contribution in [-0.2, 0) is 9.57 Å². The Bertz CT molecular complexity index is 167. The topological polar surface area (TPSA) is 42.0 Å². The van der Waals surface area contributed by atoms with E-state index in [9.17, 15) is 4.79 Å². The summed E-state index contributed by atoms with van der Waals surface area (Å²) in [5, 5.41) is 1.83. The minimum absolute atomic E-state index is 0.224. The fourth-order valence-corrected chi connectivity index (χ4v) is 1.27. The van der Waals surface area contributed by atoms with E-state index in [0.29, 0.717) is 19.7 Å². The minimum atomic E-state index is -0.224. The summed E-state index contributed by atoms with van der Waals surface area (Å²) >= 11 is 0. The number of carbonyl (C=O) groups excluding carboxylic acids is 1. The number of hydrogen-bond acceptors (Lipinski definition) is 4. The van der Waals surface area contributed by atoms with Crippen molar-refractivity contribution in [3.05, 3.63) is 0 Å². The number of ether oxygens (including phenoxy) is 1. The third-order valence-electron chi connectivity index (χ3n) is 2.02. The molecule has 0 bridgehead atoms. The lowest BCUT2D eigenvalue weighted by molar-refractivity contribution is -0.148. The van der Waals surface area contributed by atoms with Crippen molar-refractivity contribution in [1.29, 1.82) is 0 Å². The van der Waals surface area contributed by atoms with E-state index in [2.05, 4.69) is 0 Å². The highest BCUT2D eigenvalue weighted by atomic mass is 16.7. The van der Waals surface area contributed by atoms with Crippen LogP contribution in [-0.4, -0.2) is 56.0 Å². The normalized spacial score (nSPS) is 18.8. The van der Waals surface area contributed by atoms with Crippen LogP contribution in [0.3, 0.4) is 0 Å². The Morgan fingerprint density at radius 1 is 1.31 bits per heavy atom. The summed E-state index contributed by atoms with van der Waals surface area (Å²) in [7, 11) is 1.64. The average Bonchev–Trinajstić information content (AvgIpc) is 2.18. The lowest BCUT2D eigenvalue weighted by atomic mass is 10.4. The summed E-state index contributed by atoms with van der Waals surface area (Å²) in [4.78, 5) is 18.0. The molecule has 0 atom stereocenters. The monoisotopic (exact) mass is 188 g/mol. The van der Waals surface area contributed by atoms with Gasteiger partial charge in [0.15, 0.2) is 0 Å². The van der Waals surface area contributed by atoms with Crippen LogP contribution >= 0.6 is 0 Å². The van der Waals surface area contributed by atoms with Gasteiger partial charge < -0.3 is 14.5 Å². The summed E-state index contributed by atoms with van der Waals surface area (Å²) < 4.78 is 4.88. The van der Waals surface area contributed by atoms with Crippen molar-refractivity contribution in [2.75, 3.05) is 39.9 Å². The fourth-order valence-electron chi connectivity index (χ4n) is 1.27. The summed E-state index contributed by atoms with van der Waals surface area (Å²) in [6.07, 6.45) is -0.224. The molecule has 0 aromatic carbocycles. The number of nitrogens with zero attached hydrogens (tertiary/aromatic N) is 2. The standard InChI is InChI=1S/C8H16N2O3/c1-3-13-8(11)9-4-6-10(12-2)7-5-9/h3-7H2,1-2H3. The van der Waals surface area contributed by atoms with Gasteiger partial charge in [-0.25, -0.2) is 4.79 Å². The molecule has 76 valence electrons. The lowest BCUT2D eigenvalue weighted by Crippen LogP contribution is -2.48. The Hall–Kier alpha value is -0.810.